The molecule has 12 heteroatoms. The molecule has 0 bridgehead atoms. The molecule has 0 fully saturated rings. The summed E-state index contributed by atoms with van der Waals surface area (Å²) >= 11 is 6.82. The Balaban J connectivity index is 2.01. The number of H-pyrrole nitrogens is 1. The summed E-state index contributed by atoms with van der Waals surface area (Å²) in [6.45, 7) is 1.62. The summed E-state index contributed by atoms with van der Waals surface area (Å²) in [7, 11) is 1.48. The second kappa shape index (κ2) is 8.92. The molecule has 0 aliphatic heterocycles. The molecule has 31 heavy (non-hydrogen) atoms. The van der Waals surface area contributed by atoms with Crippen LogP contribution >= 0.6 is 23.4 Å². The van der Waals surface area contributed by atoms with E-state index >= 15 is 0 Å². The van der Waals surface area contributed by atoms with E-state index in [9.17, 15) is 20.1 Å². The number of benzene rings is 1. The lowest BCUT2D eigenvalue weighted by Gasteiger charge is -2.14. The Morgan fingerprint density at radius 1 is 1.32 bits per heavy atom. The van der Waals surface area contributed by atoms with Gasteiger partial charge in [-0.15, -0.1) is 0 Å². The smallest absolute Gasteiger partial charge is 0.383 e. The van der Waals surface area contributed by atoms with E-state index in [2.05, 4.69) is 15.6 Å². The van der Waals surface area contributed by atoms with Gasteiger partial charge in [0.1, 0.15) is 34.1 Å². The van der Waals surface area contributed by atoms with Gasteiger partial charge in [0.15, 0.2) is 7.05 Å². The van der Waals surface area contributed by atoms with Crippen LogP contribution in [-0.4, -0.2) is 21.4 Å². The molecule has 0 saturated carbocycles. The number of nitrogens with zero attached hydrogens (tertiary/aromatic N) is 4. The lowest BCUT2D eigenvalue weighted by Crippen LogP contribution is -2.34. The molecular formula is C19H15ClN7O3S+. The number of nitrogens with two attached hydrogens (primary N) is 1. The van der Waals surface area contributed by atoms with Crippen LogP contribution in [0.25, 0.3) is 11.3 Å². The maximum absolute atomic E-state index is 12.6. The number of rotatable bonds is 5. The van der Waals surface area contributed by atoms with Crippen LogP contribution in [0.2, 0.25) is 5.02 Å². The number of hydrogen-bond acceptors (Lipinski definition) is 8. The van der Waals surface area contributed by atoms with Crippen LogP contribution in [0.15, 0.2) is 38.6 Å². The molecule has 156 valence electrons. The van der Waals surface area contributed by atoms with Crippen molar-refractivity contribution in [3.05, 3.63) is 50.8 Å². The maximum atomic E-state index is 12.6. The number of pyridine rings is 1. The number of thioether (sulfide) groups is 1. The van der Waals surface area contributed by atoms with Crippen molar-refractivity contribution in [1.29, 1.82) is 10.5 Å². The van der Waals surface area contributed by atoms with Gasteiger partial charge in [-0.2, -0.15) is 10.5 Å². The van der Waals surface area contributed by atoms with Crippen molar-refractivity contribution >= 4 is 40.8 Å². The molecule has 0 spiro atoms. The number of hydrogen-bond donors (Lipinski definition) is 3. The molecule has 3 rings (SSSR count). The van der Waals surface area contributed by atoms with Gasteiger partial charge in [0, 0.05) is 10.7 Å². The lowest BCUT2D eigenvalue weighted by molar-refractivity contribution is -0.730. The molecule has 2 aromatic heterocycles. The summed E-state index contributed by atoms with van der Waals surface area (Å²) in [6, 6.07) is 10.4. The molecule has 1 unspecified atom stereocenters. The third-order valence-corrected chi connectivity index (χ3v) is 5.56. The quantitative estimate of drug-likeness (QED) is 0.387. The number of carbonyl (C=O) groups excluding carboxylic acids is 1. The molecule has 1 amide bonds. The summed E-state index contributed by atoms with van der Waals surface area (Å²) in [5, 5.41) is 24.3. The Morgan fingerprint density at radius 2 is 1.97 bits per heavy atom. The SMILES string of the molecule is CC(Sc1nc(N)c(C#N)c(-c2c(=O)o[nH][n+]2C)c1C#N)C(=O)Nc1ccc(Cl)cc1. The molecule has 2 heterocycles. The average molecular weight is 457 g/mol. The van der Waals surface area contributed by atoms with E-state index < -0.39 is 10.9 Å². The van der Waals surface area contributed by atoms with Gasteiger partial charge >= 0.3 is 11.3 Å². The zero-order chi connectivity index (χ0) is 22.7. The minimum absolute atomic E-state index is 0.0113. The van der Waals surface area contributed by atoms with E-state index in [0.717, 1.165) is 11.8 Å². The molecule has 1 aromatic carbocycles. The van der Waals surface area contributed by atoms with E-state index in [1.807, 2.05) is 12.1 Å². The highest BCUT2D eigenvalue weighted by Crippen LogP contribution is 2.35. The van der Waals surface area contributed by atoms with Crippen molar-refractivity contribution in [2.45, 2.75) is 17.2 Å². The highest BCUT2D eigenvalue weighted by atomic mass is 35.5. The van der Waals surface area contributed by atoms with Crippen molar-refractivity contribution in [1.82, 2.24) is 10.3 Å². The zero-order valence-corrected chi connectivity index (χ0v) is 17.8. The number of amides is 1. The number of aryl methyl sites for hydroxylation is 1. The Kier molecular flexibility index (Phi) is 6.30. The summed E-state index contributed by atoms with van der Waals surface area (Å²) in [5.41, 5.74) is 5.41. The van der Waals surface area contributed by atoms with Crippen molar-refractivity contribution < 1.29 is 14.0 Å². The van der Waals surface area contributed by atoms with Crippen LogP contribution in [0.1, 0.15) is 18.1 Å². The molecule has 0 saturated heterocycles. The first-order valence-electron chi connectivity index (χ1n) is 8.71. The second-order valence-corrected chi connectivity index (χ2v) is 8.06. The van der Waals surface area contributed by atoms with Gasteiger partial charge in [0.25, 0.3) is 0 Å². The Labute approximate surface area is 185 Å². The van der Waals surface area contributed by atoms with Gasteiger partial charge in [-0.25, -0.2) is 9.78 Å². The van der Waals surface area contributed by atoms with Gasteiger partial charge in [-0.1, -0.05) is 28.0 Å². The van der Waals surface area contributed by atoms with Crippen LogP contribution < -0.4 is 21.4 Å². The molecule has 1 atom stereocenters. The predicted octanol–water partition coefficient (Wildman–Crippen LogP) is 1.95. The van der Waals surface area contributed by atoms with E-state index in [0.29, 0.717) is 10.7 Å². The monoisotopic (exact) mass is 456 g/mol. The third kappa shape index (κ3) is 4.38. The van der Waals surface area contributed by atoms with Gasteiger partial charge in [0.05, 0.1) is 10.8 Å². The summed E-state index contributed by atoms with van der Waals surface area (Å²) in [5.74, 6) is -0.529. The third-order valence-electron chi connectivity index (χ3n) is 4.23. The number of aromatic nitrogens is 3. The number of aromatic amines is 1. The highest BCUT2D eigenvalue weighted by molar-refractivity contribution is 8.00. The van der Waals surface area contributed by atoms with Gasteiger partial charge in [0.2, 0.25) is 5.91 Å². The normalized spacial score (nSPS) is 11.4. The van der Waals surface area contributed by atoms with Gasteiger partial charge in [-0.3, -0.25) is 9.32 Å². The summed E-state index contributed by atoms with van der Waals surface area (Å²) < 4.78 is 5.97. The molecular weight excluding hydrogens is 442 g/mol. The van der Waals surface area contributed by atoms with Gasteiger partial charge < -0.3 is 11.1 Å². The Hall–Kier alpha value is -3.80. The first kappa shape index (κ1) is 21.9. The molecule has 0 radical (unpaired) electrons. The number of halogens is 1. The van der Waals surface area contributed by atoms with Crippen molar-refractivity contribution in [2.24, 2.45) is 7.05 Å². The molecule has 10 nitrogen and oxygen atoms in total. The Bertz CT molecular complexity index is 1300. The van der Waals surface area contributed by atoms with Crippen molar-refractivity contribution in [3.8, 4) is 23.4 Å². The standard InChI is InChI=1S/C19H14ClN7O3S/c1-9(17(28)24-11-5-3-10(20)4-6-11)31-18-13(8-22)14(12(7-21)16(23)25-18)15-19(29)30-26-27(15)2/h3-6,9H,1-2H3,(H3-,23,24,25,26,28,29)/p+1. The van der Waals surface area contributed by atoms with Gasteiger partial charge in [-0.05, 0) is 36.5 Å². The van der Waals surface area contributed by atoms with Crippen LogP contribution in [0.5, 0.6) is 0 Å². The van der Waals surface area contributed by atoms with Crippen LogP contribution in [0.4, 0.5) is 11.5 Å². The number of carbonyl (C=O) groups is 1. The fourth-order valence-electron chi connectivity index (χ4n) is 2.73. The van der Waals surface area contributed by atoms with Crippen LogP contribution in [0, 0.1) is 22.7 Å². The first-order chi connectivity index (χ1) is 14.8. The second-order valence-electron chi connectivity index (χ2n) is 6.30. The van der Waals surface area contributed by atoms with Crippen molar-refractivity contribution in [2.75, 3.05) is 11.1 Å². The first-order valence-corrected chi connectivity index (χ1v) is 9.97. The predicted molar refractivity (Wildman–Crippen MR) is 113 cm³/mol. The van der Waals surface area contributed by atoms with E-state index in [4.69, 9.17) is 21.9 Å². The van der Waals surface area contributed by atoms with E-state index in [1.165, 1.54) is 11.7 Å². The topological polar surface area (TPSA) is 165 Å². The molecule has 0 aliphatic carbocycles. The fraction of sp³-hybridized carbons (Fsp3) is 0.158. The largest absolute Gasteiger partial charge is 0.435 e. The molecule has 3 aromatic rings. The molecule has 4 N–H and O–H groups in total. The number of nitrogen functional groups attached to an aromatic ring is 1. The van der Waals surface area contributed by atoms with E-state index in [1.54, 1.807) is 31.2 Å². The summed E-state index contributed by atoms with van der Waals surface area (Å²) in [6.07, 6.45) is 0. The highest BCUT2D eigenvalue weighted by Gasteiger charge is 2.32. The molecule has 0 aliphatic rings. The maximum Gasteiger partial charge on any atom is 0.435 e. The lowest BCUT2D eigenvalue weighted by atomic mass is 10.0. The number of anilines is 2. The minimum Gasteiger partial charge on any atom is -0.383 e. The van der Waals surface area contributed by atoms with Crippen LogP contribution in [0.3, 0.4) is 0 Å². The van der Waals surface area contributed by atoms with Crippen LogP contribution in [-0.2, 0) is 11.8 Å². The zero-order valence-electron chi connectivity index (χ0n) is 16.3. The number of nitrogens with one attached hydrogen (secondary N) is 2. The number of nitriles is 2. The fourth-order valence-corrected chi connectivity index (χ4v) is 3.77. The van der Waals surface area contributed by atoms with E-state index in [-0.39, 0.29) is 39.1 Å². The Morgan fingerprint density at radius 3 is 2.52 bits per heavy atom. The minimum atomic E-state index is -0.787. The summed E-state index contributed by atoms with van der Waals surface area (Å²) in [4.78, 5) is 28.9. The average Bonchev–Trinajstić information content (AvgIpc) is 3.07. The van der Waals surface area contributed by atoms with Crippen molar-refractivity contribution in [3.63, 3.8) is 0 Å².